The van der Waals surface area contributed by atoms with Gasteiger partial charge in [0.2, 0.25) is 0 Å². The van der Waals surface area contributed by atoms with Crippen molar-refractivity contribution >= 4 is 17.5 Å². The molecule has 0 radical (unpaired) electrons. The summed E-state index contributed by atoms with van der Waals surface area (Å²) in [6, 6.07) is 0. The van der Waals surface area contributed by atoms with Crippen LogP contribution in [-0.2, 0) is 7.05 Å². The summed E-state index contributed by atoms with van der Waals surface area (Å²) < 4.78 is 1.90. The minimum absolute atomic E-state index is 0.660. The zero-order valence-corrected chi connectivity index (χ0v) is 6.96. The Bertz CT molecular complexity index is 438. The summed E-state index contributed by atoms with van der Waals surface area (Å²) in [6.07, 6.45) is 2.50. The highest BCUT2D eigenvalue weighted by atomic mass is 16.1. The van der Waals surface area contributed by atoms with Crippen LogP contribution in [0.1, 0.15) is 16.2 Å². The zero-order chi connectivity index (χ0) is 8.72. The largest absolute Gasteiger partial charge is 0.344 e. The lowest BCUT2D eigenvalue weighted by molar-refractivity contribution is 0.112. The van der Waals surface area contributed by atoms with E-state index in [1.54, 1.807) is 6.20 Å². The number of carbonyl (C=O) groups excluding carboxylic acids is 1. The normalized spacial score (nSPS) is 10.8. The first-order chi connectivity index (χ1) is 5.74. The van der Waals surface area contributed by atoms with Crippen molar-refractivity contribution in [2.24, 2.45) is 7.05 Å². The van der Waals surface area contributed by atoms with Crippen LogP contribution in [0.3, 0.4) is 0 Å². The lowest BCUT2D eigenvalue weighted by Gasteiger charge is -1.93. The molecule has 2 rings (SSSR count). The highest BCUT2D eigenvalue weighted by molar-refractivity contribution is 5.93. The first-order valence-corrected chi connectivity index (χ1v) is 3.69. The molecule has 0 saturated carbocycles. The molecule has 0 unspecified atom stereocenters. The van der Waals surface area contributed by atoms with Crippen LogP contribution in [0.5, 0.6) is 0 Å². The van der Waals surface area contributed by atoms with Crippen LogP contribution in [-0.4, -0.2) is 20.8 Å². The number of H-pyrrole nitrogens is 1. The van der Waals surface area contributed by atoms with Gasteiger partial charge in [0.15, 0.2) is 11.9 Å². The Morgan fingerprint density at radius 1 is 1.67 bits per heavy atom. The maximum atomic E-state index is 10.6. The molecule has 4 nitrogen and oxygen atoms in total. The van der Waals surface area contributed by atoms with Gasteiger partial charge in [-0.1, -0.05) is 0 Å². The molecule has 0 aliphatic heterocycles. The van der Waals surface area contributed by atoms with E-state index in [0.29, 0.717) is 5.56 Å². The maximum Gasteiger partial charge on any atom is 0.156 e. The fourth-order valence-electron chi connectivity index (χ4n) is 1.35. The number of fused-ring (bicyclic) bond motifs is 1. The fraction of sp³-hybridized carbons (Fsp3) is 0.250. The van der Waals surface area contributed by atoms with Gasteiger partial charge < -0.3 is 9.55 Å². The summed E-state index contributed by atoms with van der Waals surface area (Å²) in [4.78, 5) is 17.7. The molecule has 0 spiro atoms. The maximum absolute atomic E-state index is 10.6. The smallest absolute Gasteiger partial charge is 0.156 e. The summed E-state index contributed by atoms with van der Waals surface area (Å²) in [5, 5.41) is 0. The van der Waals surface area contributed by atoms with Gasteiger partial charge in [0.05, 0.1) is 11.1 Å². The highest BCUT2D eigenvalue weighted by Crippen LogP contribution is 2.16. The number of nitrogens with zero attached hydrogens (tertiary/aromatic N) is 2. The second kappa shape index (κ2) is 2.20. The SMILES string of the molecule is Cc1nc2[nH]cc(C=O)c2n1C. The molecule has 12 heavy (non-hydrogen) atoms. The van der Waals surface area contributed by atoms with Gasteiger partial charge in [-0.15, -0.1) is 0 Å². The molecule has 0 saturated heterocycles. The van der Waals surface area contributed by atoms with Crippen molar-refractivity contribution in [2.75, 3.05) is 0 Å². The van der Waals surface area contributed by atoms with Crippen LogP contribution < -0.4 is 0 Å². The van der Waals surface area contributed by atoms with Crippen molar-refractivity contribution in [2.45, 2.75) is 6.92 Å². The molecular weight excluding hydrogens is 154 g/mol. The third-order valence-corrected chi connectivity index (χ3v) is 2.08. The second-order valence-corrected chi connectivity index (χ2v) is 2.78. The molecule has 2 heterocycles. The molecular formula is C8H9N3O. The topological polar surface area (TPSA) is 50.7 Å². The van der Waals surface area contributed by atoms with Gasteiger partial charge in [0.25, 0.3) is 0 Å². The number of aryl methyl sites for hydroxylation is 2. The molecule has 0 atom stereocenters. The van der Waals surface area contributed by atoms with Crippen LogP contribution in [0.15, 0.2) is 6.20 Å². The van der Waals surface area contributed by atoms with Crippen LogP contribution >= 0.6 is 0 Å². The lowest BCUT2D eigenvalue weighted by atomic mass is 10.3. The number of aromatic amines is 1. The van der Waals surface area contributed by atoms with Crippen molar-refractivity contribution in [3.8, 4) is 0 Å². The van der Waals surface area contributed by atoms with E-state index in [1.165, 1.54) is 0 Å². The van der Waals surface area contributed by atoms with Crippen LogP contribution in [0.25, 0.3) is 11.2 Å². The van der Waals surface area contributed by atoms with E-state index in [0.717, 1.165) is 23.3 Å². The molecule has 2 aromatic rings. The first kappa shape index (κ1) is 7.09. The molecule has 2 aromatic heterocycles. The summed E-state index contributed by atoms with van der Waals surface area (Å²) >= 11 is 0. The fourth-order valence-corrected chi connectivity index (χ4v) is 1.35. The van der Waals surface area contributed by atoms with Gasteiger partial charge in [-0.25, -0.2) is 4.98 Å². The second-order valence-electron chi connectivity index (χ2n) is 2.78. The van der Waals surface area contributed by atoms with Crippen molar-refractivity contribution in [1.82, 2.24) is 14.5 Å². The Labute approximate surface area is 69.2 Å². The van der Waals surface area contributed by atoms with Gasteiger partial charge in [0, 0.05) is 13.2 Å². The van der Waals surface area contributed by atoms with Crippen molar-refractivity contribution in [3.05, 3.63) is 17.6 Å². The van der Waals surface area contributed by atoms with E-state index < -0.39 is 0 Å². The van der Waals surface area contributed by atoms with Gasteiger partial charge in [-0.05, 0) is 6.92 Å². The predicted octanol–water partition coefficient (Wildman–Crippen LogP) is 1.02. The minimum atomic E-state index is 0.660. The van der Waals surface area contributed by atoms with E-state index >= 15 is 0 Å². The minimum Gasteiger partial charge on any atom is -0.344 e. The molecule has 62 valence electrons. The zero-order valence-electron chi connectivity index (χ0n) is 6.96. The summed E-state index contributed by atoms with van der Waals surface area (Å²) in [5.74, 6) is 0.903. The third kappa shape index (κ3) is 0.717. The number of nitrogens with one attached hydrogen (secondary N) is 1. The third-order valence-electron chi connectivity index (χ3n) is 2.08. The molecule has 0 bridgehead atoms. The number of hydrogen-bond donors (Lipinski definition) is 1. The number of hydrogen-bond acceptors (Lipinski definition) is 2. The Morgan fingerprint density at radius 2 is 2.42 bits per heavy atom. The summed E-state index contributed by atoms with van der Waals surface area (Å²) in [7, 11) is 1.89. The molecule has 0 amide bonds. The van der Waals surface area contributed by atoms with Crippen molar-refractivity contribution in [1.29, 1.82) is 0 Å². The Hall–Kier alpha value is -1.58. The van der Waals surface area contributed by atoms with E-state index in [1.807, 2.05) is 18.5 Å². The monoisotopic (exact) mass is 163 g/mol. The van der Waals surface area contributed by atoms with Crippen LogP contribution in [0.2, 0.25) is 0 Å². The van der Waals surface area contributed by atoms with Crippen molar-refractivity contribution in [3.63, 3.8) is 0 Å². The van der Waals surface area contributed by atoms with E-state index in [9.17, 15) is 4.79 Å². The molecule has 0 fully saturated rings. The number of rotatable bonds is 1. The Kier molecular flexibility index (Phi) is 1.30. The molecule has 0 aliphatic rings. The summed E-state index contributed by atoms with van der Waals surface area (Å²) in [5.41, 5.74) is 2.31. The van der Waals surface area contributed by atoms with Crippen molar-refractivity contribution < 1.29 is 4.79 Å². The molecule has 0 aromatic carbocycles. The predicted molar refractivity (Wildman–Crippen MR) is 45.2 cm³/mol. The number of carbonyl (C=O) groups is 1. The van der Waals surface area contributed by atoms with Gasteiger partial charge in [-0.3, -0.25) is 4.79 Å². The standard InChI is InChI=1S/C8H9N3O/c1-5-10-8-7(11(5)2)6(4-12)3-9-8/h3-4,9H,1-2H3. The first-order valence-electron chi connectivity index (χ1n) is 3.69. The number of imidazole rings is 1. The average Bonchev–Trinajstić information content (AvgIpc) is 2.55. The highest BCUT2D eigenvalue weighted by Gasteiger charge is 2.09. The summed E-state index contributed by atoms with van der Waals surface area (Å²) in [6.45, 7) is 1.91. The number of aromatic nitrogens is 3. The van der Waals surface area contributed by atoms with Gasteiger partial charge in [-0.2, -0.15) is 0 Å². The van der Waals surface area contributed by atoms with Gasteiger partial charge in [0.1, 0.15) is 5.82 Å². The van der Waals surface area contributed by atoms with Crippen LogP contribution in [0, 0.1) is 6.92 Å². The molecule has 1 N–H and O–H groups in total. The lowest BCUT2D eigenvalue weighted by Crippen LogP contribution is -1.92. The quantitative estimate of drug-likeness (QED) is 0.638. The molecule has 4 heteroatoms. The van der Waals surface area contributed by atoms with E-state index in [2.05, 4.69) is 9.97 Å². The Balaban J connectivity index is 2.90. The van der Waals surface area contributed by atoms with Crippen LogP contribution in [0.4, 0.5) is 0 Å². The Morgan fingerprint density at radius 3 is 3.08 bits per heavy atom. The molecule has 0 aliphatic carbocycles. The van der Waals surface area contributed by atoms with E-state index in [4.69, 9.17) is 0 Å². The average molecular weight is 163 g/mol. The number of aldehydes is 1. The van der Waals surface area contributed by atoms with E-state index in [-0.39, 0.29) is 0 Å². The van der Waals surface area contributed by atoms with Gasteiger partial charge >= 0.3 is 0 Å².